The molecule has 25 heavy (non-hydrogen) atoms. The van der Waals surface area contributed by atoms with Gasteiger partial charge in [-0.1, -0.05) is 24.4 Å². The van der Waals surface area contributed by atoms with Crippen LogP contribution in [-0.2, 0) is 21.0 Å². The van der Waals surface area contributed by atoms with E-state index in [-0.39, 0.29) is 5.57 Å². The lowest BCUT2D eigenvalue weighted by molar-refractivity contribution is -0.137. The summed E-state index contributed by atoms with van der Waals surface area (Å²) < 4.78 is 63.2. The van der Waals surface area contributed by atoms with Crippen LogP contribution in [-0.4, -0.2) is 30.4 Å². The van der Waals surface area contributed by atoms with E-state index < -0.39 is 39.2 Å². The molecule has 1 aromatic rings. The fourth-order valence-electron chi connectivity index (χ4n) is 1.91. The number of hydrogen-bond donors (Lipinski definition) is 2. The standard InChI is InChI=1S/C14H12F3N3O3S2/c1-25(22,23)20-12-10(6-8(7-18-12)14(15,16)17)19-13(21)9-4-2-3-5-11(9)24/h2-4,6-7H,5H2,1H3,(H,18,20)(H,19,21). The van der Waals surface area contributed by atoms with E-state index in [0.717, 1.165) is 6.26 Å². The molecule has 1 aliphatic carbocycles. The number of halogens is 3. The molecule has 1 aromatic heterocycles. The minimum absolute atomic E-state index is 0.111. The second-order valence-electron chi connectivity index (χ2n) is 5.08. The van der Waals surface area contributed by atoms with E-state index in [1.807, 2.05) is 4.72 Å². The number of alkyl halides is 3. The molecule has 0 fully saturated rings. The van der Waals surface area contributed by atoms with E-state index in [0.29, 0.717) is 23.5 Å². The number of carbonyl (C=O) groups is 1. The number of amides is 1. The zero-order valence-electron chi connectivity index (χ0n) is 12.7. The highest BCUT2D eigenvalue weighted by molar-refractivity contribution is 7.92. The lowest BCUT2D eigenvalue weighted by Gasteiger charge is -2.16. The third kappa shape index (κ3) is 5.10. The molecule has 1 heterocycles. The number of aromatic nitrogens is 1. The lowest BCUT2D eigenvalue weighted by atomic mass is 10.0. The van der Waals surface area contributed by atoms with E-state index in [9.17, 15) is 26.4 Å². The first-order valence-electron chi connectivity index (χ1n) is 6.74. The Hall–Kier alpha value is -2.27. The molecule has 2 rings (SSSR count). The number of anilines is 2. The molecule has 0 aromatic carbocycles. The molecule has 1 amide bonds. The van der Waals surface area contributed by atoms with Crippen LogP contribution in [0.3, 0.4) is 0 Å². The predicted octanol–water partition coefficient (Wildman–Crippen LogP) is 2.67. The zero-order valence-corrected chi connectivity index (χ0v) is 14.3. The molecule has 0 spiro atoms. The van der Waals surface area contributed by atoms with E-state index in [4.69, 9.17) is 12.2 Å². The molecule has 11 heteroatoms. The minimum atomic E-state index is -4.71. The molecular formula is C14H12F3N3O3S2. The summed E-state index contributed by atoms with van der Waals surface area (Å²) in [7, 11) is -3.82. The SMILES string of the molecule is CS(=O)(=O)Nc1ncc(C(F)(F)F)cc1NC(=O)C1=CC=CCC1=S. The van der Waals surface area contributed by atoms with Gasteiger partial charge in [0.15, 0.2) is 5.82 Å². The highest BCUT2D eigenvalue weighted by Crippen LogP contribution is 2.33. The largest absolute Gasteiger partial charge is 0.417 e. The lowest BCUT2D eigenvalue weighted by Crippen LogP contribution is -2.22. The average molecular weight is 391 g/mol. The van der Waals surface area contributed by atoms with Gasteiger partial charge in [0.2, 0.25) is 10.0 Å². The van der Waals surface area contributed by atoms with Crippen LogP contribution < -0.4 is 10.0 Å². The number of thiocarbonyl (C=S) groups is 1. The van der Waals surface area contributed by atoms with Crippen molar-refractivity contribution in [3.05, 3.63) is 41.6 Å². The Labute approximate surface area is 146 Å². The van der Waals surface area contributed by atoms with Crippen molar-refractivity contribution in [3.63, 3.8) is 0 Å². The third-order valence-corrected chi connectivity index (χ3v) is 3.94. The van der Waals surface area contributed by atoms with Crippen molar-refractivity contribution in [1.29, 1.82) is 0 Å². The fraction of sp³-hybridized carbons (Fsp3) is 0.214. The second kappa shape index (κ2) is 6.92. The normalized spacial score (nSPS) is 14.9. The maximum Gasteiger partial charge on any atom is 0.417 e. The molecule has 0 saturated carbocycles. The number of pyridine rings is 1. The van der Waals surface area contributed by atoms with Gasteiger partial charge < -0.3 is 5.32 Å². The predicted molar refractivity (Wildman–Crippen MR) is 90.8 cm³/mol. The number of rotatable bonds is 4. The summed E-state index contributed by atoms with van der Waals surface area (Å²) in [6.07, 6.45) is 1.65. The van der Waals surface area contributed by atoms with Gasteiger partial charge in [-0.2, -0.15) is 13.2 Å². The molecular weight excluding hydrogens is 379 g/mol. The summed E-state index contributed by atoms with van der Waals surface area (Å²) in [5, 5.41) is 2.23. The minimum Gasteiger partial charge on any atom is -0.319 e. The van der Waals surface area contributed by atoms with Gasteiger partial charge in [-0.05, 0) is 12.1 Å². The Balaban J connectivity index is 2.42. The van der Waals surface area contributed by atoms with Gasteiger partial charge in [-0.3, -0.25) is 9.52 Å². The van der Waals surface area contributed by atoms with Gasteiger partial charge in [-0.15, -0.1) is 0 Å². The van der Waals surface area contributed by atoms with E-state index in [2.05, 4.69) is 10.3 Å². The third-order valence-electron chi connectivity index (χ3n) is 2.99. The molecule has 0 bridgehead atoms. The topological polar surface area (TPSA) is 88.2 Å². The van der Waals surface area contributed by atoms with Crippen molar-refractivity contribution in [3.8, 4) is 0 Å². The van der Waals surface area contributed by atoms with Crippen LogP contribution in [0.1, 0.15) is 12.0 Å². The van der Waals surface area contributed by atoms with Crippen LogP contribution in [0.5, 0.6) is 0 Å². The fourth-order valence-corrected chi connectivity index (χ4v) is 2.68. The Morgan fingerprint density at radius 3 is 2.60 bits per heavy atom. The van der Waals surface area contributed by atoms with Crippen molar-refractivity contribution in [2.75, 3.05) is 16.3 Å². The molecule has 0 saturated heterocycles. The van der Waals surface area contributed by atoms with Gasteiger partial charge in [-0.25, -0.2) is 13.4 Å². The molecule has 1 aliphatic rings. The Morgan fingerprint density at radius 2 is 2.04 bits per heavy atom. The number of sulfonamides is 1. The van der Waals surface area contributed by atoms with Crippen LogP contribution in [0.25, 0.3) is 0 Å². The highest BCUT2D eigenvalue weighted by atomic mass is 32.2. The van der Waals surface area contributed by atoms with Gasteiger partial charge in [0.25, 0.3) is 5.91 Å². The van der Waals surface area contributed by atoms with Crippen LogP contribution in [0, 0.1) is 0 Å². The number of nitrogens with one attached hydrogen (secondary N) is 2. The van der Waals surface area contributed by atoms with Crippen molar-refractivity contribution < 1.29 is 26.4 Å². The number of carbonyl (C=O) groups excluding carboxylic acids is 1. The van der Waals surface area contributed by atoms with Crippen molar-refractivity contribution >= 4 is 44.5 Å². The molecule has 0 atom stereocenters. The first-order valence-corrected chi connectivity index (χ1v) is 9.04. The van der Waals surface area contributed by atoms with Crippen molar-refractivity contribution in [1.82, 2.24) is 4.98 Å². The monoisotopic (exact) mass is 391 g/mol. The van der Waals surface area contributed by atoms with Crippen molar-refractivity contribution in [2.45, 2.75) is 12.6 Å². The van der Waals surface area contributed by atoms with Crippen LogP contribution in [0.2, 0.25) is 0 Å². The van der Waals surface area contributed by atoms with Crippen LogP contribution >= 0.6 is 12.2 Å². The summed E-state index contributed by atoms with van der Waals surface area (Å²) in [5.41, 5.74) is -1.45. The first-order chi connectivity index (χ1) is 11.5. The zero-order chi connectivity index (χ0) is 18.8. The first kappa shape index (κ1) is 19.1. The smallest absolute Gasteiger partial charge is 0.319 e. The molecule has 0 aliphatic heterocycles. The molecule has 6 nitrogen and oxygen atoms in total. The molecule has 0 radical (unpaired) electrons. The Kier molecular flexibility index (Phi) is 5.28. The van der Waals surface area contributed by atoms with Crippen molar-refractivity contribution in [2.24, 2.45) is 0 Å². The van der Waals surface area contributed by atoms with Gasteiger partial charge in [0.1, 0.15) is 0 Å². The van der Waals surface area contributed by atoms with Crippen LogP contribution in [0.4, 0.5) is 24.7 Å². The van der Waals surface area contributed by atoms with Crippen LogP contribution in [0.15, 0.2) is 36.1 Å². The molecule has 0 unspecified atom stereocenters. The molecule has 134 valence electrons. The summed E-state index contributed by atoms with van der Waals surface area (Å²) >= 11 is 5.04. The number of nitrogens with zero attached hydrogens (tertiary/aromatic N) is 1. The second-order valence-corrected chi connectivity index (χ2v) is 7.32. The average Bonchev–Trinajstić information content (AvgIpc) is 2.46. The van der Waals surface area contributed by atoms with Gasteiger partial charge >= 0.3 is 6.18 Å². The number of allylic oxidation sites excluding steroid dienone is 3. The van der Waals surface area contributed by atoms with E-state index >= 15 is 0 Å². The van der Waals surface area contributed by atoms with E-state index in [1.165, 1.54) is 6.08 Å². The summed E-state index contributed by atoms with van der Waals surface area (Å²) in [6.45, 7) is 0. The Morgan fingerprint density at radius 1 is 1.36 bits per heavy atom. The summed E-state index contributed by atoms with van der Waals surface area (Å²) in [4.78, 5) is 16.0. The summed E-state index contributed by atoms with van der Waals surface area (Å²) in [5.74, 6) is -1.19. The molecule has 2 N–H and O–H groups in total. The maximum atomic E-state index is 12.9. The van der Waals surface area contributed by atoms with E-state index in [1.54, 1.807) is 12.2 Å². The quantitative estimate of drug-likeness (QED) is 0.771. The summed E-state index contributed by atoms with van der Waals surface area (Å²) in [6, 6.07) is 0.598. The van der Waals surface area contributed by atoms with Gasteiger partial charge in [0.05, 0.1) is 23.1 Å². The number of hydrogen-bond acceptors (Lipinski definition) is 5. The Bertz CT molecular complexity index is 890. The highest BCUT2D eigenvalue weighted by Gasteiger charge is 2.32. The van der Waals surface area contributed by atoms with Gasteiger partial charge in [0, 0.05) is 17.5 Å². The maximum absolute atomic E-state index is 12.9.